The average molecular weight is 456 g/mol. The number of aromatic hydroxyl groups is 1. The highest BCUT2D eigenvalue weighted by Gasteiger charge is 2.67. The van der Waals surface area contributed by atoms with Gasteiger partial charge in [0.15, 0.2) is 0 Å². The molecule has 1 saturated carbocycles. The molecule has 34 heavy (non-hydrogen) atoms. The second-order valence-corrected chi connectivity index (χ2v) is 9.95. The number of allylic oxidation sites excluding steroid dienone is 2. The maximum absolute atomic E-state index is 14.0. The van der Waals surface area contributed by atoms with E-state index in [0.717, 1.165) is 11.1 Å². The number of rotatable bonds is 2. The van der Waals surface area contributed by atoms with E-state index in [1.165, 1.54) is 4.90 Å². The topological polar surface area (TPSA) is 104 Å². The number of phenolic OH excluding ortho intramolecular Hbond substituents is 1. The Hall–Kier alpha value is -3.74. The smallest absolute Gasteiger partial charge is 0.241 e. The Balaban J connectivity index is 1.55. The van der Waals surface area contributed by atoms with Crippen molar-refractivity contribution in [1.82, 2.24) is 5.32 Å². The predicted octanol–water partition coefficient (Wildman–Crippen LogP) is 2.91. The van der Waals surface area contributed by atoms with E-state index in [-0.39, 0.29) is 35.3 Å². The second-order valence-electron chi connectivity index (χ2n) is 9.95. The number of carbonyl (C=O) groups is 4. The lowest BCUT2D eigenvalue weighted by Gasteiger charge is -2.49. The number of phenols is 1. The standard InChI is InChI=1S/C27H24N2O5/c1-27-20(25(33)29(26(27)34)15-7-3-2-4-8-15)13-19-17(22(27)14-6-5-9-16(30)12-14)10-11-18-21(19)24(32)28-23(18)31/h2-10,12,18-22,30H,11,13H2,1H3,(H,28,31,32)/t18-,19+,20-,21-,22-,27+/m0/s1. The molecule has 0 aromatic heterocycles. The first-order chi connectivity index (χ1) is 16.3. The summed E-state index contributed by atoms with van der Waals surface area (Å²) >= 11 is 0. The van der Waals surface area contributed by atoms with Crippen molar-refractivity contribution in [3.8, 4) is 5.75 Å². The molecule has 2 aliphatic heterocycles. The third kappa shape index (κ3) is 2.64. The summed E-state index contributed by atoms with van der Waals surface area (Å²) in [6.07, 6.45) is 2.73. The van der Waals surface area contributed by atoms with Gasteiger partial charge in [0.25, 0.3) is 0 Å². The fraction of sp³-hybridized carbons (Fsp3) is 0.333. The monoisotopic (exact) mass is 456 g/mol. The molecule has 4 amide bonds. The number of para-hydroxylation sites is 1. The van der Waals surface area contributed by atoms with Crippen molar-refractivity contribution in [1.29, 1.82) is 0 Å². The van der Waals surface area contributed by atoms with Crippen LogP contribution in [0, 0.1) is 29.1 Å². The third-order valence-electron chi connectivity index (χ3n) is 8.34. The minimum Gasteiger partial charge on any atom is -0.508 e. The van der Waals surface area contributed by atoms with Gasteiger partial charge in [-0.15, -0.1) is 0 Å². The largest absolute Gasteiger partial charge is 0.508 e. The Morgan fingerprint density at radius 3 is 2.47 bits per heavy atom. The van der Waals surface area contributed by atoms with Crippen molar-refractivity contribution in [2.24, 2.45) is 29.1 Å². The van der Waals surface area contributed by atoms with Gasteiger partial charge in [-0.05, 0) is 55.5 Å². The highest BCUT2D eigenvalue weighted by molar-refractivity contribution is 6.24. The van der Waals surface area contributed by atoms with Crippen LogP contribution in [-0.4, -0.2) is 28.7 Å². The first-order valence-corrected chi connectivity index (χ1v) is 11.6. The molecule has 4 aliphatic rings. The molecule has 0 unspecified atom stereocenters. The molecule has 172 valence electrons. The van der Waals surface area contributed by atoms with E-state index >= 15 is 0 Å². The van der Waals surface area contributed by atoms with Crippen LogP contribution in [0.15, 0.2) is 66.2 Å². The van der Waals surface area contributed by atoms with Crippen LogP contribution in [-0.2, 0) is 19.2 Å². The number of imide groups is 2. The third-order valence-corrected chi connectivity index (χ3v) is 8.34. The quantitative estimate of drug-likeness (QED) is 0.534. The Labute approximate surface area is 196 Å². The lowest BCUT2D eigenvalue weighted by Crippen LogP contribution is -2.48. The molecular formula is C27H24N2O5. The van der Waals surface area contributed by atoms with E-state index in [1.54, 1.807) is 42.5 Å². The molecule has 2 heterocycles. The number of anilines is 1. The number of carbonyl (C=O) groups excluding carboxylic acids is 4. The summed E-state index contributed by atoms with van der Waals surface area (Å²) in [5.41, 5.74) is 1.07. The maximum Gasteiger partial charge on any atom is 0.241 e. The van der Waals surface area contributed by atoms with Gasteiger partial charge in [-0.25, -0.2) is 4.90 Å². The van der Waals surface area contributed by atoms with Crippen molar-refractivity contribution >= 4 is 29.3 Å². The zero-order chi connectivity index (χ0) is 23.8. The summed E-state index contributed by atoms with van der Waals surface area (Å²) in [5, 5.41) is 12.7. The van der Waals surface area contributed by atoms with Crippen LogP contribution in [0.25, 0.3) is 0 Å². The minimum atomic E-state index is -1.09. The van der Waals surface area contributed by atoms with Crippen LogP contribution in [0.3, 0.4) is 0 Å². The van der Waals surface area contributed by atoms with E-state index in [4.69, 9.17) is 0 Å². The highest BCUT2D eigenvalue weighted by atomic mass is 16.3. The normalized spacial score (nSPS) is 34.3. The lowest BCUT2D eigenvalue weighted by atomic mass is 9.51. The van der Waals surface area contributed by atoms with Gasteiger partial charge in [-0.1, -0.05) is 42.0 Å². The molecule has 0 spiro atoms. The van der Waals surface area contributed by atoms with Crippen molar-refractivity contribution < 1.29 is 24.3 Å². The van der Waals surface area contributed by atoms with Crippen LogP contribution < -0.4 is 10.2 Å². The van der Waals surface area contributed by atoms with Crippen LogP contribution in [0.1, 0.15) is 31.2 Å². The summed E-state index contributed by atoms with van der Waals surface area (Å²) in [7, 11) is 0. The molecule has 2 aromatic carbocycles. The number of nitrogens with zero attached hydrogens (tertiary/aromatic N) is 1. The van der Waals surface area contributed by atoms with Gasteiger partial charge in [-0.2, -0.15) is 0 Å². The number of fused-ring (bicyclic) bond motifs is 4. The first kappa shape index (κ1) is 20.8. The number of nitrogens with one attached hydrogen (secondary N) is 1. The maximum atomic E-state index is 14.0. The van der Waals surface area contributed by atoms with Gasteiger partial charge in [0.05, 0.1) is 28.9 Å². The summed E-state index contributed by atoms with van der Waals surface area (Å²) in [4.78, 5) is 54.3. The molecule has 7 heteroatoms. The molecule has 6 rings (SSSR count). The Morgan fingerprint density at radius 2 is 1.74 bits per heavy atom. The lowest BCUT2D eigenvalue weighted by molar-refractivity contribution is -0.131. The fourth-order valence-corrected chi connectivity index (χ4v) is 6.83. The van der Waals surface area contributed by atoms with Crippen molar-refractivity contribution in [2.75, 3.05) is 4.90 Å². The molecule has 7 nitrogen and oxygen atoms in total. The van der Waals surface area contributed by atoms with Gasteiger partial charge < -0.3 is 5.11 Å². The van der Waals surface area contributed by atoms with Crippen molar-refractivity contribution in [3.63, 3.8) is 0 Å². The number of benzene rings is 2. The van der Waals surface area contributed by atoms with Crippen molar-refractivity contribution in [3.05, 3.63) is 71.8 Å². The van der Waals surface area contributed by atoms with Gasteiger partial charge in [0, 0.05) is 5.92 Å². The molecule has 2 aromatic rings. The zero-order valence-corrected chi connectivity index (χ0v) is 18.6. The number of hydrogen-bond donors (Lipinski definition) is 2. The minimum absolute atomic E-state index is 0.0690. The molecule has 6 atom stereocenters. The Bertz CT molecular complexity index is 1280. The molecule has 3 fully saturated rings. The fourth-order valence-electron chi connectivity index (χ4n) is 6.83. The molecule has 2 N–H and O–H groups in total. The summed E-state index contributed by atoms with van der Waals surface area (Å²) in [6.45, 7) is 1.83. The molecule has 0 bridgehead atoms. The number of hydrogen-bond acceptors (Lipinski definition) is 5. The summed E-state index contributed by atoms with van der Waals surface area (Å²) in [6, 6.07) is 15.7. The summed E-state index contributed by atoms with van der Waals surface area (Å²) < 4.78 is 0. The SMILES string of the molecule is C[C@@]12C(=O)N(c3ccccc3)C(=O)[C@@H]1C[C@@H]1C(=CC[C@@H]3C(=O)NC(=O)[C@@H]31)[C@@H]2c1cccc(O)c1. The molecule has 2 saturated heterocycles. The van der Waals surface area contributed by atoms with E-state index in [0.29, 0.717) is 18.5 Å². The highest BCUT2D eigenvalue weighted by Crippen LogP contribution is 2.63. The number of amides is 4. The predicted molar refractivity (Wildman–Crippen MR) is 122 cm³/mol. The van der Waals surface area contributed by atoms with Crippen LogP contribution in [0.2, 0.25) is 0 Å². The second kappa shape index (κ2) is 7.13. The van der Waals surface area contributed by atoms with Crippen LogP contribution >= 0.6 is 0 Å². The molecule has 2 aliphatic carbocycles. The average Bonchev–Trinajstić information content (AvgIpc) is 3.22. The van der Waals surface area contributed by atoms with Crippen molar-refractivity contribution in [2.45, 2.75) is 25.7 Å². The van der Waals surface area contributed by atoms with Gasteiger partial charge >= 0.3 is 0 Å². The Morgan fingerprint density at radius 1 is 0.971 bits per heavy atom. The molecular weight excluding hydrogens is 432 g/mol. The van der Waals surface area contributed by atoms with Gasteiger partial charge in [0.2, 0.25) is 23.6 Å². The van der Waals surface area contributed by atoms with Crippen LogP contribution in [0.5, 0.6) is 5.75 Å². The van der Waals surface area contributed by atoms with E-state index in [9.17, 15) is 24.3 Å². The van der Waals surface area contributed by atoms with Gasteiger partial charge in [-0.3, -0.25) is 24.5 Å². The van der Waals surface area contributed by atoms with Crippen LogP contribution in [0.4, 0.5) is 5.69 Å². The van der Waals surface area contributed by atoms with Gasteiger partial charge in [0.1, 0.15) is 5.75 Å². The zero-order valence-electron chi connectivity index (χ0n) is 18.6. The van der Waals surface area contributed by atoms with E-state index in [1.807, 2.05) is 25.1 Å². The van der Waals surface area contributed by atoms with E-state index < -0.39 is 29.1 Å². The Kier molecular flexibility index (Phi) is 4.37. The summed E-state index contributed by atoms with van der Waals surface area (Å²) in [5.74, 6) is -3.56. The molecule has 0 radical (unpaired) electrons. The van der Waals surface area contributed by atoms with E-state index in [2.05, 4.69) is 5.32 Å². The first-order valence-electron chi connectivity index (χ1n) is 11.6.